The molecule has 0 spiro atoms. The molecule has 0 aliphatic heterocycles. The molecule has 22 heavy (non-hydrogen) atoms. The molecule has 0 aliphatic rings. The third kappa shape index (κ3) is 3.85. The van der Waals surface area contributed by atoms with Crippen LogP contribution in [0, 0.1) is 10.5 Å². The van der Waals surface area contributed by atoms with Crippen molar-refractivity contribution in [1.82, 2.24) is 0 Å². The first-order valence-corrected chi connectivity index (χ1v) is 7.83. The van der Waals surface area contributed by atoms with Gasteiger partial charge in [0, 0.05) is 5.56 Å². The number of hydrogen-bond donors (Lipinski definition) is 0. The highest BCUT2D eigenvalue weighted by atomic mass is 127. The van der Waals surface area contributed by atoms with Crippen LogP contribution in [0.25, 0.3) is 0 Å². The molecule has 0 saturated heterocycles. The molecule has 0 radical (unpaired) electrons. The lowest BCUT2D eigenvalue weighted by Gasteiger charge is -2.13. The Balaban J connectivity index is 2.33. The Morgan fingerprint density at radius 1 is 1.23 bits per heavy atom. The van der Waals surface area contributed by atoms with Crippen LogP contribution in [-0.4, -0.2) is 18.9 Å². The molecule has 0 bridgehead atoms. The second kappa shape index (κ2) is 7.40. The molecule has 0 unspecified atom stereocenters. The second-order valence-electron chi connectivity index (χ2n) is 4.64. The molecule has 114 valence electrons. The summed E-state index contributed by atoms with van der Waals surface area (Å²) in [6.07, 6.45) is 0.732. The Kier molecular flexibility index (Phi) is 5.54. The van der Waals surface area contributed by atoms with E-state index in [2.05, 4.69) is 0 Å². The van der Waals surface area contributed by atoms with Crippen molar-refractivity contribution in [3.8, 4) is 11.5 Å². The van der Waals surface area contributed by atoms with E-state index in [1.54, 1.807) is 24.3 Å². The first-order valence-electron chi connectivity index (χ1n) is 6.75. The van der Waals surface area contributed by atoms with Gasteiger partial charge in [0.25, 0.3) is 0 Å². The SMILES string of the molecule is CCOc1cc(C=O)cc(I)c1OC(=O)c1ccc(C)cc1. The third-order valence-corrected chi connectivity index (χ3v) is 3.75. The average molecular weight is 410 g/mol. The number of carbonyl (C=O) groups excluding carboxylic acids is 2. The molecular weight excluding hydrogens is 395 g/mol. The summed E-state index contributed by atoms with van der Waals surface area (Å²) in [4.78, 5) is 23.2. The van der Waals surface area contributed by atoms with Crippen LogP contribution in [0.1, 0.15) is 33.2 Å². The molecule has 0 aromatic heterocycles. The summed E-state index contributed by atoms with van der Waals surface area (Å²) in [5.74, 6) is 0.258. The number of esters is 1. The summed E-state index contributed by atoms with van der Waals surface area (Å²) in [6, 6.07) is 10.3. The maximum absolute atomic E-state index is 12.2. The van der Waals surface area contributed by atoms with Crippen molar-refractivity contribution in [2.75, 3.05) is 6.61 Å². The molecule has 0 fully saturated rings. The van der Waals surface area contributed by atoms with Gasteiger partial charge >= 0.3 is 5.97 Å². The zero-order chi connectivity index (χ0) is 16.1. The van der Waals surface area contributed by atoms with Gasteiger partial charge in [-0.15, -0.1) is 0 Å². The standard InChI is InChI=1S/C17H15IO4/c1-3-21-15-9-12(10-19)8-14(18)16(15)22-17(20)13-6-4-11(2)5-7-13/h4-10H,3H2,1-2H3. The van der Waals surface area contributed by atoms with Crippen LogP contribution < -0.4 is 9.47 Å². The van der Waals surface area contributed by atoms with Gasteiger partial charge in [-0.1, -0.05) is 17.7 Å². The first-order chi connectivity index (χ1) is 10.5. The van der Waals surface area contributed by atoms with Crippen molar-refractivity contribution in [2.24, 2.45) is 0 Å². The lowest BCUT2D eigenvalue weighted by atomic mass is 10.1. The summed E-state index contributed by atoms with van der Waals surface area (Å²) in [7, 11) is 0. The number of ether oxygens (including phenoxy) is 2. The molecule has 0 heterocycles. The number of aldehydes is 1. The van der Waals surface area contributed by atoms with Crippen molar-refractivity contribution >= 4 is 34.8 Å². The number of carbonyl (C=O) groups is 2. The monoisotopic (exact) mass is 410 g/mol. The topological polar surface area (TPSA) is 52.6 Å². The van der Waals surface area contributed by atoms with Gasteiger partial charge in [0.1, 0.15) is 6.29 Å². The normalized spacial score (nSPS) is 10.1. The van der Waals surface area contributed by atoms with E-state index in [-0.39, 0.29) is 0 Å². The maximum atomic E-state index is 12.2. The van der Waals surface area contributed by atoms with E-state index in [0.29, 0.717) is 32.8 Å². The van der Waals surface area contributed by atoms with Crippen LogP contribution >= 0.6 is 22.6 Å². The van der Waals surface area contributed by atoms with Crippen LogP contribution in [0.3, 0.4) is 0 Å². The van der Waals surface area contributed by atoms with Gasteiger partial charge in [0.05, 0.1) is 15.7 Å². The van der Waals surface area contributed by atoms with Crippen molar-refractivity contribution < 1.29 is 19.1 Å². The summed E-state index contributed by atoms with van der Waals surface area (Å²) in [5, 5.41) is 0. The average Bonchev–Trinajstić information content (AvgIpc) is 2.51. The minimum absolute atomic E-state index is 0.332. The van der Waals surface area contributed by atoms with E-state index in [1.807, 2.05) is 48.6 Å². The zero-order valence-corrected chi connectivity index (χ0v) is 14.4. The summed E-state index contributed by atoms with van der Waals surface area (Å²) >= 11 is 2.02. The second-order valence-corrected chi connectivity index (χ2v) is 5.80. The lowest BCUT2D eigenvalue weighted by molar-refractivity contribution is 0.0727. The molecule has 0 N–H and O–H groups in total. The molecule has 0 amide bonds. The molecular formula is C17H15IO4. The smallest absolute Gasteiger partial charge is 0.343 e. The van der Waals surface area contributed by atoms with Gasteiger partial charge in [-0.25, -0.2) is 4.79 Å². The number of benzene rings is 2. The Bertz CT molecular complexity index is 693. The van der Waals surface area contributed by atoms with Crippen LogP contribution in [0.4, 0.5) is 0 Å². The van der Waals surface area contributed by atoms with Crippen molar-refractivity contribution in [1.29, 1.82) is 0 Å². The fourth-order valence-electron chi connectivity index (χ4n) is 1.86. The highest BCUT2D eigenvalue weighted by Crippen LogP contribution is 2.34. The molecule has 0 saturated carbocycles. The molecule has 0 atom stereocenters. The van der Waals surface area contributed by atoms with E-state index in [1.165, 1.54) is 0 Å². The quantitative estimate of drug-likeness (QED) is 0.323. The van der Waals surface area contributed by atoms with Gasteiger partial charge in [0.15, 0.2) is 11.5 Å². The largest absolute Gasteiger partial charge is 0.490 e. The molecule has 5 heteroatoms. The highest BCUT2D eigenvalue weighted by Gasteiger charge is 2.17. The van der Waals surface area contributed by atoms with E-state index < -0.39 is 5.97 Å². The molecule has 0 aliphatic carbocycles. The van der Waals surface area contributed by atoms with Crippen molar-refractivity contribution in [3.05, 3.63) is 56.7 Å². The summed E-state index contributed by atoms with van der Waals surface area (Å²) in [6.45, 7) is 4.18. The first kappa shape index (κ1) is 16.5. The van der Waals surface area contributed by atoms with Crippen molar-refractivity contribution in [2.45, 2.75) is 13.8 Å². The molecule has 2 aromatic carbocycles. The fraction of sp³-hybridized carbons (Fsp3) is 0.176. The van der Waals surface area contributed by atoms with Gasteiger partial charge < -0.3 is 9.47 Å². The number of halogens is 1. The predicted octanol–water partition coefficient (Wildman–Crippen LogP) is 4.03. The van der Waals surface area contributed by atoms with Gasteiger partial charge in [-0.2, -0.15) is 0 Å². The number of rotatable bonds is 5. The minimum Gasteiger partial charge on any atom is -0.490 e. The van der Waals surface area contributed by atoms with E-state index >= 15 is 0 Å². The maximum Gasteiger partial charge on any atom is 0.343 e. The van der Waals surface area contributed by atoms with Crippen molar-refractivity contribution in [3.63, 3.8) is 0 Å². The van der Waals surface area contributed by atoms with Crippen LogP contribution in [0.15, 0.2) is 36.4 Å². The van der Waals surface area contributed by atoms with Crippen LogP contribution in [0.5, 0.6) is 11.5 Å². The molecule has 2 aromatic rings. The fourth-order valence-corrected chi connectivity index (χ4v) is 2.59. The Hall–Kier alpha value is -1.89. The Morgan fingerprint density at radius 3 is 2.50 bits per heavy atom. The van der Waals surface area contributed by atoms with Gasteiger partial charge in [0.2, 0.25) is 0 Å². The summed E-state index contributed by atoms with van der Waals surface area (Å²) < 4.78 is 11.6. The van der Waals surface area contributed by atoms with Gasteiger partial charge in [-0.05, 0) is 60.7 Å². The zero-order valence-electron chi connectivity index (χ0n) is 12.3. The van der Waals surface area contributed by atoms with E-state index in [9.17, 15) is 9.59 Å². The highest BCUT2D eigenvalue weighted by molar-refractivity contribution is 14.1. The Morgan fingerprint density at radius 2 is 1.91 bits per heavy atom. The third-order valence-electron chi connectivity index (χ3n) is 2.95. The predicted molar refractivity (Wildman–Crippen MR) is 91.9 cm³/mol. The van der Waals surface area contributed by atoms with E-state index in [4.69, 9.17) is 9.47 Å². The van der Waals surface area contributed by atoms with Crippen LogP contribution in [0.2, 0.25) is 0 Å². The Labute approximate surface area is 142 Å². The van der Waals surface area contributed by atoms with Gasteiger partial charge in [-0.3, -0.25) is 4.79 Å². The molecule has 4 nitrogen and oxygen atoms in total. The van der Waals surface area contributed by atoms with Crippen LogP contribution in [-0.2, 0) is 0 Å². The number of hydrogen-bond acceptors (Lipinski definition) is 4. The lowest BCUT2D eigenvalue weighted by Crippen LogP contribution is -2.11. The van der Waals surface area contributed by atoms with E-state index in [0.717, 1.165) is 11.8 Å². The minimum atomic E-state index is -0.460. The number of aryl methyl sites for hydroxylation is 1. The summed E-state index contributed by atoms with van der Waals surface area (Å²) in [5.41, 5.74) is 2.00. The molecule has 2 rings (SSSR count).